The first-order valence-corrected chi connectivity index (χ1v) is 6.01. The smallest absolute Gasteiger partial charge is 0.319 e. The van der Waals surface area contributed by atoms with Crippen LogP contribution >= 0.6 is 0 Å². The average Bonchev–Trinajstić information content (AvgIpc) is 2.35. The second-order valence-corrected chi connectivity index (χ2v) is 4.97. The maximum Gasteiger partial charge on any atom is 0.319 e. The highest BCUT2D eigenvalue weighted by Crippen LogP contribution is 2.31. The molecule has 2 amide bonds. The van der Waals surface area contributed by atoms with Crippen LogP contribution < -0.4 is 0 Å². The van der Waals surface area contributed by atoms with Crippen LogP contribution in [-0.4, -0.2) is 53.6 Å². The lowest BCUT2D eigenvalue weighted by Crippen LogP contribution is -2.49. The number of carbonyl (C=O) groups is 2. The summed E-state index contributed by atoms with van der Waals surface area (Å²) >= 11 is 0. The third-order valence-corrected chi connectivity index (χ3v) is 3.54. The molecule has 0 saturated carbocycles. The number of carboxylic acid groups (broad SMARTS) is 1. The molecule has 0 spiro atoms. The summed E-state index contributed by atoms with van der Waals surface area (Å²) in [5, 5.41) is 17.6. The molecular weight excluding hydrogens is 234 g/mol. The summed E-state index contributed by atoms with van der Waals surface area (Å²) in [6.07, 6.45) is 1.25. The number of amides is 2. The summed E-state index contributed by atoms with van der Waals surface area (Å²) in [5.41, 5.74) is -0.720. The van der Waals surface area contributed by atoms with E-state index in [9.17, 15) is 9.59 Å². The Morgan fingerprint density at radius 1 is 1.44 bits per heavy atom. The Hall–Kier alpha value is -1.77. The van der Waals surface area contributed by atoms with Crippen molar-refractivity contribution >= 4 is 12.0 Å². The molecule has 1 fully saturated rings. The zero-order valence-corrected chi connectivity index (χ0v) is 10.8. The maximum atomic E-state index is 12.0. The van der Waals surface area contributed by atoms with Gasteiger partial charge in [0.05, 0.1) is 17.9 Å². The molecule has 1 rings (SSSR count). The van der Waals surface area contributed by atoms with Gasteiger partial charge in [0.15, 0.2) is 0 Å². The van der Waals surface area contributed by atoms with E-state index in [1.165, 1.54) is 4.90 Å². The number of urea groups is 1. The van der Waals surface area contributed by atoms with Gasteiger partial charge >= 0.3 is 12.0 Å². The van der Waals surface area contributed by atoms with E-state index < -0.39 is 11.4 Å². The largest absolute Gasteiger partial charge is 0.481 e. The van der Waals surface area contributed by atoms with E-state index in [0.29, 0.717) is 38.9 Å². The zero-order valence-electron chi connectivity index (χ0n) is 10.8. The molecule has 6 heteroatoms. The van der Waals surface area contributed by atoms with Crippen LogP contribution in [0, 0.1) is 16.7 Å². The third kappa shape index (κ3) is 3.13. The minimum absolute atomic E-state index is 0.127. The van der Waals surface area contributed by atoms with Gasteiger partial charge in [0, 0.05) is 26.7 Å². The van der Waals surface area contributed by atoms with Gasteiger partial charge < -0.3 is 14.9 Å². The van der Waals surface area contributed by atoms with Crippen molar-refractivity contribution in [3.05, 3.63) is 0 Å². The monoisotopic (exact) mass is 253 g/mol. The molecule has 0 aromatic heterocycles. The molecule has 1 heterocycles. The molecule has 100 valence electrons. The number of hydrogen-bond acceptors (Lipinski definition) is 3. The molecule has 1 aliphatic heterocycles. The molecule has 1 N–H and O–H groups in total. The number of carbonyl (C=O) groups excluding carboxylic acids is 1. The molecule has 0 aliphatic carbocycles. The topological polar surface area (TPSA) is 84.6 Å². The van der Waals surface area contributed by atoms with Gasteiger partial charge in [-0.05, 0) is 19.8 Å². The van der Waals surface area contributed by atoms with Gasteiger partial charge in [0.25, 0.3) is 0 Å². The Kier molecular flexibility index (Phi) is 4.54. The van der Waals surface area contributed by atoms with E-state index in [1.54, 1.807) is 18.9 Å². The molecule has 0 aromatic carbocycles. The minimum atomic E-state index is -0.799. The highest BCUT2D eigenvalue weighted by Gasteiger charge is 2.38. The van der Waals surface area contributed by atoms with E-state index in [-0.39, 0.29) is 6.03 Å². The van der Waals surface area contributed by atoms with Crippen LogP contribution in [0.2, 0.25) is 0 Å². The van der Waals surface area contributed by atoms with E-state index in [0.717, 1.165) is 0 Å². The van der Waals surface area contributed by atoms with Gasteiger partial charge in [-0.3, -0.25) is 4.79 Å². The van der Waals surface area contributed by atoms with Crippen molar-refractivity contribution in [3.63, 3.8) is 0 Å². The molecule has 0 atom stereocenters. The van der Waals surface area contributed by atoms with Gasteiger partial charge in [-0.2, -0.15) is 5.26 Å². The lowest BCUT2D eigenvalue weighted by molar-refractivity contribution is -0.150. The second kappa shape index (κ2) is 5.71. The summed E-state index contributed by atoms with van der Waals surface area (Å²) in [7, 11) is 1.66. The number of likely N-dealkylation sites (tertiary alicyclic amines) is 1. The summed E-state index contributed by atoms with van der Waals surface area (Å²) < 4.78 is 0. The number of rotatable bonds is 3. The van der Waals surface area contributed by atoms with Gasteiger partial charge in [-0.25, -0.2) is 4.79 Å². The predicted octanol–water partition coefficient (Wildman–Crippen LogP) is 1.14. The first-order chi connectivity index (χ1) is 8.40. The number of carboxylic acids is 1. The quantitative estimate of drug-likeness (QED) is 0.817. The van der Waals surface area contributed by atoms with Crippen LogP contribution in [0.1, 0.15) is 26.2 Å². The van der Waals surface area contributed by atoms with Gasteiger partial charge in [-0.1, -0.05) is 0 Å². The Morgan fingerprint density at radius 3 is 2.44 bits per heavy atom. The highest BCUT2D eigenvalue weighted by molar-refractivity contribution is 5.76. The summed E-state index contributed by atoms with van der Waals surface area (Å²) in [5.74, 6) is -0.799. The van der Waals surface area contributed by atoms with Crippen molar-refractivity contribution in [3.8, 4) is 6.07 Å². The molecule has 0 radical (unpaired) electrons. The van der Waals surface area contributed by atoms with Crippen LogP contribution in [0.15, 0.2) is 0 Å². The maximum absolute atomic E-state index is 12.0. The SMILES string of the molecule is CN(CCC#N)C(=O)N1CCC(C)(C(=O)O)CC1. The van der Waals surface area contributed by atoms with Crippen molar-refractivity contribution in [2.75, 3.05) is 26.7 Å². The molecule has 1 saturated heterocycles. The zero-order chi connectivity index (χ0) is 13.8. The molecule has 0 bridgehead atoms. The van der Waals surface area contributed by atoms with Crippen molar-refractivity contribution in [2.24, 2.45) is 5.41 Å². The fraction of sp³-hybridized carbons (Fsp3) is 0.750. The fourth-order valence-electron chi connectivity index (χ4n) is 1.96. The number of hydrogen-bond donors (Lipinski definition) is 1. The predicted molar refractivity (Wildman–Crippen MR) is 64.8 cm³/mol. The van der Waals surface area contributed by atoms with Crippen molar-refractivity contribution < 1.29 is 14.7 Å². The van der Waals surface area contributed by atoms with E-state index in [1.807, 2.05) is 6.07 Å². The second-order valence-electron chi connectivity index (χ2n) is 4.97. The Bertz CT molecular complexity index is 367. The third-order valence-electron chi connectivity index (χ3n) is 3.54. The summed E-state index contributed by atoms with van der Waals surface area (Å²) in [4.78, 5) is 26.2. The molecule has 0 unspecified atom stereocenters. The lowest BCUT2D eigenvalue weighted by atomic mass is 9.80. The molecule has 18 heavy (non-hydrogen) atoms. The van der Waals surface area contributed by atoms with Gasteiger partial charge in [0.1, 0.15) is 0 Å². The van der Waals surface area contributed by atoms with Crippen LogP contribution in [0.25, 0.3) is 0 Å². The Labute approximate surface area is 107 Å². The molecule has 6 nitrogen and oxygen atoms in total. The number of piperidine rings is 1. The first kappa shape index (κ1) is 14.3. The first-order valence-electron chi connectivity index (χ1n) is 6.01. The van der Waals surface area contributed by atoms with E-state index in [2.05, 4.69) is 0 Å². The Morgan fingerprint density at radius 2 is 2.00 bits per heavy atom. The fourth-order valence-corrected chi connectivity index (χ4v) is 1.96. The Balaban J connectivity index is 2.50. The van der Waals surface area contributed by atoms with Crippen molar-refractivity contribution in [2.45, 2.75) is 26.2 Å². The van der Waals surface area contributed by atoms with Crippen LogP contribution in [0.4, 0.5) is 4.79 Å². The van der Waals surface area contributed by atoms with Gasteiger partial charge in [-0.15, -0.1) is 0 Å². The summed E-state index contributed by atoms with van der Waals surface area (Å²) in [6.45, 7) is 3.04. The number of nitriles is 1. The standard InChI is InChI=1S/C12H19N3O3/c1-12(10(16)17)4-8-15(9-5-12)11(18)14(2)7-3-6-13/h3-5,7-9H2,1-2H3,(H,16,17). The molecule has 0 aromatic rings. The highest BCUT2D eigenvalue weighted by atomic mass is 16.4. The average molecular weight is 253 g/mol. The van der Waals surface area contributed by atoms with Crippen LogP contribution in [-0.2, 0) is 4.79 Å². The van der Waals surface area contributed by atoms with Gasteiger partial charge in [0.2, 0.25) is 0 Å². The van der Waals surface area contributed by atoms with Crippen LogP contribution in [0.5, 0.6) is 0 Å². The van der Waals surface area contributed by atoms with Crippen molar-refractivity contribution in [1.29, 1.82) is 5.26 Å². The lowest BCUT2D eigenvalue weighted by Gasteiger charge is -2.38. The van der Waals surface area contributed by atoms with E-state index >= 15 is 0 Å². The number of nitrogens with zero attached hydrogens (tertiary/aromatic N) is 3. The normalized spacial score (nSPS) is 17.9. The molecular formula is C12H19N3O3. The number of aliphatic carboxylic acids is 1. The van der Waals surface area contributed by atoms with E-state index in [4.69, 9.17) is 10.4 Å². The summed E-state index contributed by atoms with van der Waals surface area (Å²) in [6, 6.07) is 1.87. The minimum Gasteiger partial charge on any atom is -0.481 e. The van der Waals surface area contributed by atoms with Crippen LogP contribution in [0.3, 0.4) is 0 Å². The van der Waals surface area contributed by atoms with Crippen molar-refractivity contribution in [1.82, 2.24) is 9.80 Å². The molecule has 1 aliphatic rings.